The van der Waals surface area contributed by atoms with Crippen molar-refractivity contribution >= 4 is 5.65 Å². The summed E-state index contributed by atoms with van der Waals surface area (Å²) in [6, 6.07) is 5.76. The summed E-state index contributed by atoms with van der Waals surface area (Å²) in [5.41, 5.74) is 2.21. The number of hydrogen-bond acceptors (Lipinski definition) is 1. The van der Waals surface area contributed by atoms with Crippen LogP contribution in [0.1, 0.15) is 45.3 Å². The van der Waals surface area contributed by atoms with E-state index in [0.717, 1.165) is 11.3 Å². The van der Waals surface area contributed by atoms with Gasteiger partial charge in [0, 0.05) is 11.6 Å². The zero-order chi connectivity index (χ0) is 11.9. The number of pyridine rings is 1. The van der Waals surface area contributed by atoms with E-state index in [4.69, 9.17) is 0 Å². The number of alkyl halides is 1. The van der Waals surface area contributed by atoms with Gasteiger partial charge in [0.25, 0.3) is 0 Å². The quantitative estimate of drug-likeness (QED) is 0.716. The Kier molecular flexibility index (Phi) is 2.49. The predicted octanol–water partition coefficient (Wildman–Crippen LogP) is 3.66. The number of rotatable bonds is 1. The molecule has 0 bridgehead atoms. The third kappa shape index (κ3) is 1.70. The van der Waals surface area contributed by atoms with Crippen molar-refractivity contribution in [3.63, 3.8) is 0 Å². The first-order valence-corrected chi connectivity index (χ1v) is 5.53. The lowest BCUT2D eigenvalue weighted by molar-refractivity contribution is 0.358. The van der Waals surface area contributed by atoms with E-state index in [-0.39, 0.29) is 5.41 Å². The number of nitrogens with zero attached hydrogens (tertiary/aromatic N) is 2. The van der Waals surface area contributed by atoms with Crippen LogP contribution >= 0.6 is 0 Å². The lowest BCUT2D eigenvalue weighted by Gasteiger charge is -2.20. The Morgan fingerprint density at radius 2 is 2.00 bits per heavy atom. The van der Waals surface area contributed by atoms with Crippen molar-refractivity contribution in [1.82, 2.24) is 9.38 Å². The fourth-order valence-electron chi connectivity index (χ4n) is 2.04. The highest BCUT2D eigenvalue weighted by Crippen LogP contribution is 2.31. The van der Waals surface area contributed by atoms with Crippen LogP contribution in [-0.2, 0) is 5.41 Å². The standard InChI is InChI=1S/C13H17FN2/c1-9(14)11-12(13(2,3)4)16-8-6-5-7-10(16)15-11/h5-9H,1-4H3. The topological polar surface area (TPSA) is 17.3 Å². The monoisotopic (exact) mass is 220 g/mol. The molecule has 2 aromatic heterocycles. The van der Waals surface area contributed by atoms with Crippen molar-refractivity contribution in [2.45, 2.75) is 39.3 Å². The molecule has 0 aliphatic rings. The van der Waals surface area contributed by atoms with Crippen LogP contribution in [0.3, 0.4) is 0 Å². The van der Waals surface area contributed by atoms with E-state index in [1.807, 2.05) is 28.8 Å². The first-order chi connectivity index (χ1) is 7.41. The molecule has 2 rings (SSSR count). The highest BCUT2D eigenvalue weighted by atomic mass is 19.1. The van der Waals surface area contributed by atoms with Gasteiger partial charge in [-0.2, -0.15) is 0 Å². The summed E-state index contributed by atoms with van der Waals surface area (Å²) in [5.74, 6) is 0. The van der Waals surface area contributed by atoms with Crippen molar-refractivity contribution in [3.05, 3.63) is 35.8 Å². The summed E-state index contributed by atoms with van der Waals surface area (Å²) in [6.07, 6.45) is 0.906. The Hall–Kier alpha value is -1.38. The van der Waals surface area contributed by atoms with Gasteiger partial charge in [0.2, 0.25) is 0 Å². The average molecular weight is 220 g/mol. The van der Waals surface area contributed by atoms with E-state index in [1.165, 1.54) is 6.92 Å². The Bertz CT molecular complexity index is 506. The van der Waals surface area contributed by atoms with Gasteiger partial charge < -0.3 is 4.40 Å². The normalized spacial score (nSPS) is 14.3. The predicted molar refractivity (Wildman–Crippen MR) is 63.4 cm³/mol. The maximum absolute atomic E-state index is 13.6. The minimum atomic E-state index is -1.03. The lowest BCUT2D eigenvalue weighted by atomic mass is 9.89. The molecule has 0 fully saturated rings. The van der Waals surface area contributed by atoms with Crippen molar-refractivity contribution < 1.29 is 4.39 Å². The smallest absolute Gasteiger partial charge is 0.141 e. The van der Waals surface area contributed by atoms with E-state index in [1.54, 1.807) is 0 Å². The molecule has 3 heteroatoms. The van der Waals surface area contributed by atoms with Gasteiger partial charge in [-0.25, -0.2) is 9.37 Å². The van der Waals surface area contributed by atoms with Crippen LogP contribution in [0.25, 0.3) is 5.65 Å². The highest BCUT2D eigenvalue weighted by Gasteiger charge is 2.26. The van der Waals surface area contributed by atoms with Gasteiger partial charge in [0.05, 0.1) is 11.4 Å². The second kappa shape index (κ2) is 3.58. The molecule has 0 aliphatic carbocycles. The zero-order valence-electron chi connectivity index (χ0n) is 10.2. The van der Waals surface area contributed by atoms with Gasteiger partial charge in [-0.3, -0.25) is 0 Å². The molecule has 16 heavy (non-hydrogen) atoms. The van der Waals surface area contributed by atoms with Crippen LogP contribution in [0.15, 0.2) is 24.4 Å². The minimum Gasteiger partial charge on any atom is -0.303 e. The van der Waals surface area contributed by atoms with Crippen LogP contribution in [0.4, 0.5) is 4.39 Å². The fourth-order valence-corrected chi connectivity index (χ4v) is 2.04. The summed E-state index contributed by atoms with van der Waals surface area (Å²) in [6.45, 7) is 7.77. The van der Waals surface area contributed by atoms with E-state index in [9.17, 15) is 4.39 Å². The first kappa shape index (κ1) is 11.1. The molecule has 0 spiro atoms. The molecule has 0 N–H and O–H groups in total. The van der Waals surface area contributed by atoms with Gasteiger partial charge in [-0.15, -0.1) is 0 Å². The second-order valence-corrected chi connectivity index (χ2v) is 5.14. The van der Waals surface area contributed by atoms with Gasteiger partial charge in [0.15, 0.2) is 0 Å². The summed E-state index contributed by atoms with van der Waals surface area (Å²) >= 11 is 0. The molecule has 2 nitrogen and oxygen atoms in total. The number of halogens is 1. The van der Waals surface area contributed by atoms with Crippen LogP contribution < -0.4 is 0 Å². The molecule has 2 heterocycles. The van der Waals surface area contributed by atoms with Gasteiger partial charge in [-0.1, -0.05) is 26.8 Å². The van der Waals surface area contributed by atoms with E-state index >= 15 is 0 Å². The summed E-state index contributed by atoms with van der Waals surface area (Å²) in [4.78, 5) is 4.37. The maximum Gasteiger partial charge on any atom is 0.141 e. The van der Waals surface area contributed by atoms with Crippen LogP contribution in [0, 0.1) is 0 Å². The first-order valence-electron chi connectivity index (χ1n) is 5.53. The number of hydrogen-bond donors (Lipinski definition) is 0. The largest absolute Gasteiger partial charge is 0.303 e. The molecule has 0 amide bonds. The summed E-state index contributed by atoms with van der Waals surface area (Å²) < 4.78 is 15.6. The molecule has 0 radical (unpaired) electrons. The molecule has 86 valence electrons. The van der Waals surface area contributed by atoms with Crippen molar-refractivity contribution in [2.75, 3.05) is 0 Å². The molecule has 0 aliphatic heterocycles. The number of fused-ring (bicyclic) bond motifs is 1. The van der Waals surface area contributed by atoms with E-state index in [0.29, 0.717) is 5.69 Å². The Morgan fingerprint density at radius 1 is 1.31 bits per heavy atom. The molecule has 1 unspecified atom stereocenters. The average Bonchev–Trinajstić information content (AvgIpc) is 2.55. The molecule has 0 saturated carbocycles. The van der Waals surface area contributed by atoms with Crippen LogP contribution in [-0.4, -0.2) is 9.38 Å². The number of imidazole rings is 1. The van der Waals surface area contributed by atoms with Crippen molar-refractivity contribution in [2.24, 2.45) is 0 Å². The lowest BCUT2D eigenvalue weighted by Crippen LogP contribution is -2.17. The van der Waals surface area contributed by atoms with Crippen molar-refractivity contribution in [3.8, 4) is 0 Å². The Morgan fingerprint density at radius 3 is 2.56 bits per heavy atom. The van der Waals surface area contributed by atoms with Gasteiger partial charge >= 0.3 is 0 Å². The molecule has 0 aromatic carbocycles. The Labute approximate surface area is 95.1 Å². The molecular weight excluding hydrogens is 203 g/mol. The van der Waals surface area contributed by atoms with E-state index < -0.39 is 6.17 Å². The highest BCUT2D eigenvalue weighted by molar-refractivity contribution is 5.45. The van der Waals surface area contributed by atoms with Crippen LogP contribution in [0.5, 0.6) is 0 Å². The number of aromatic nitrogens is 2. The maximum atomic E-state index is 13.6. The summed E-state index contributed by atoms with van der Waals surface area (Å²) in [5, 5.41) is 0. The second-order valence-electron chi connectivity index (χ2n) is 5.14. The Balaban J connectivity index is 2.80. The van der Waals surface area contributed by atoms with E-state index in [2.05, 4.69) is 25.8 Å². The minimum absolute atomic E-state index is 0.115. The van der Waals surface area contributed by atoms with Gasteiger partial charge in [0.1, 0.15) is 11.8 Å². The molecule has 2 aromatic rings. The van der Waals surface area contributed by atoms with Crippen LogP contribution in [0.2, 0.25) is 0 Å². The fraction of sp³-hybridized carbons (Fsp3) is 0.462. The van der Waals surface area contributed by atoms with Gasteiger partial charge in [-0.05, 0) is 19.1 Å². The molecule has 0 saturated heterocycles. The molecular formula is C13H17FN2. The zero-order valence-corrected chi connectivity index (χ0v) is 10.2. The third-order valence-corrected chi connectivity index (χ3v) is 2.64. The summed E-state index contributed by atoms with van der Waals surface area (Å²) in [7, 11) is 0. The van der Waals surface area contributed by atoms with Crippen molar-refractivity contribution in [1.29, 1.82) is 0 Å². The third-order valence-electron chi connectivity index (χ3n) is 2.64. The molecule has 1 atom stereocenters. The SMILES string of the molecule is CC(F)c1nc2ccccn2c1C(C)(C)C.